The van der Waals surface area contributed by atoms with Gasteiger partial charge in [-0.15, -0.1) is 0 Å². The van der Waals surface area contributed by atoms with Crippen molar-refractivity contribution in [2.24, 2.45) is 5.92 Å². The highest BCUT2D eigenvalue weighted by molar-refractivity contribution is 5.92. The van der Waals surface area contributed by atoms with Gasteiger partial charge in [0.2, 0.25) is 5.91 Å². The van der Waals surface area contributed by atoms with Crippen molar-refractivity contribution in [3.8, 4) is 5.75 Å². The average molecular weight is 316 g/mol. The first-order valence-electron chi connectivity index (χ1n) is 8.73. The SMILES string of the molecule is CC(C)(C)Oc1ccccc1NC(=O)CC1CC2CCC(C1)N2. The zero-order chi connectivity index (χ0) is 16.4. The van der Waals surface area contributed by atoms with Gasteiger partial charge in [-0.05, 0) is 64.5 Å². The lowest BCUT2D eigenvalue weighted by Crippen LogP contribution is -2.39. The van der Waals surface area contributed by atoms with Crippen LogP contribution in [0.4, 0.5) is 5.69 Å². The van der Waals surface area contributed by atoms with Crippen LogP contribution in [0.5, 0.6) is 5.75 Å². The zero-order valence-electron chi connectivity index (χ0n) is 14.4. The topological polar surface area (TPSA) is 50.4 Å². The van der Waals surface area contributed by atoms with Crippen LogP contribution in [-0.4, -0.2) is 23.6 Å². The molecule has 0 aliphatic carbocycles. The third-order valence-electron chi connectivity index (χ3n) is 4.62. The quantitative estimate of drug-likeness (QED) is 0.890. The Labute approximate surface area is 139 Å². The molecule has 2 atom stereocenters. The van der Waals surface area contributed by atoms with E-state index in [0.29, 0.717) is 24.4 Å². The first kappa shape index (κ1) is 16.3. The summed E-state index contributed by atoms with van der Waals surface area (Å²) in [4.78, 5) is 12.4. The van der Waals surface area contributed by atoms with Crippen molar-refractivity contribution in [3.05, 3.63) is 24.3 Å². The summed E-state index contributed by atoms with van der Waals surface area (Å²) in [6.07, 6.45) is 5.41. The summed E-state index contributed by atoms with van der Waals surface area (Å²) in [5.41, 5.74) is 0.485. The smallest absolute Gasteiger partial charge is 0.224 e. The van der Waals surface area contributed by atoms with Gasteiger partial charge in [-0.1, -0.05) is 12.1 Å². The van der Waals surface area contributed by atoms with Crippen LogP contribution in [0.25, 0.3) is 0 Å². The minimum atomic E-state index is -0.283. The molecule has 2 unspecified atom stereocenters. The molecule has 126 valence electrons. The van der Waals surface area contributed by atoms with Crippen molar-refractivity contribution in [1.82, 2.24) is 5.32 Å². The molecule has 1 aromatic rings. The largest absolute Gasteiger partial charge is 0.486 e. The van der Waals surface area contributed by atoms with Crippen LogP contribution < -0.4 is 15.4 Å². The standard InChI is InChI=1S/C19H28N2O2/c1-19(2,3)23-17-7-5-4-6-16(17)21-18(22)12-13-10-14-8-9-15(11-13)20-14/h4-7,13-15,20H,8-12H2,1-3H3,(H,21,22). The molecule has 2 N–H and O–H groups in total. The lowest BCUT2D eigenvalue weighted by atomic mass is 9.89. The molecule has 23 heavy (non-hydrogen) atoms. The van der Waals surface area contributed by atoms with Crippen molar-refractivity contribution in [1.29, 1.82) is 0 Å². The van der Waals surface area contributed by atoms with Crippen LogP contribution in [0.3, 0.4) is 0 Å². The maximum atomic E-state index is 12.4. The molecule has 1 amide bonds. The summed E-state index contributed by atoms with van der Waals surface area (Å²) >= 11 is 0. The van der Waals surface area contributed by atoms with Crippen molar-refractivity contribution >= 4 is 11.6 Å². The molecule has 2 fully saturated rings. The van der Waals surface area contributed by atoms with Crippen LogP contribution in [0, 0.1) is 5.92 Å². The van der Waals surface area contributed by atoms with Crippen LogP contribution in [-0.2, 0) is 4.79 Å². The summed E-state index contributed by atoms with van der Waals surface area (Å²) in [7, 11) is 0. The Balaban J connectivity index is 1.59. The van der Waals surface area contributed by atoms with Gasteiger partial charge >= 0.3 is 0 Å². The Morgan fingerprint density at radius 3 is 2.52 bits per heavy atom. The number of anilines is 1. The number of benzene rings is 1. The van der Waals surface area contributed by atoms with E-state index in [-0.39, 0.29) is 11.5 Å². The van der Waals surface area contributed by atoms with E-state index in [1.807, 2.05) is 45.0 Å². The van der Waals surface area contributed by atoms with Crippen molar-refractivity contribution < 1.29 is 9.53 Å². The number of hydrogen-bond donors (Lipinski definition) is 2. The third kappa shape index (κ3) is 4.47. The van der Waals surface area contributed by atoms with Gasteiger partial charge < -0.3 is 15.4 Å². The summed E-state index contributed by atoms with van der Waals surface area (Å²) in [6.45, 7) is 6.03. The molecule has 2 bridgehead atoms. The molecule has 2 heterocycles. The van der Waals surface area contributed by atoms with Crippen LogP contribution in [0.1, 0.15) is 52.9 Å². The van der Waals surface area contributed by atoms with Gasteiger partial charge in [0.25, 0.3) is 0 Å². The lowest BCUT2D eigenvalue weighted by molar-refractivity contribution is -0.117. The second-order valence-corrected chi connectivity index (χ2v) is 7.94. The van der Waals surface area contributed by atoms with E-state index in [4.69, 9.17) is 4.74 Å². The Kier molecular flexibility index (Phi) is 4.62. The number of piperidine rings is 1. The number of carbonyl (C=O) groups excluding carboxylic acids is 1. The molecule has 2 aliphatic rings. The molecule has 3 rings (SSSR count). The van der Waals surface area contributed by atoms with E-state index in [0.717, 1.165) is 24.3 Å². The normalized spacial score (nSPS) is 26.8. The maximum absolute atomic E-state index is 12.4. The maximum Gasteiger partial charge on any atom is 0.224 e. The predicted molar refractivity (Wildman–Crippen MR) is 92.7 cm³/mol. The molecule has 0 spiro atoms. The molecule has 4 heteroatoms. The minimum Gasteiger partial charge on any atom is -0.486 e. The molecular formula is C19H28N2O2. The number of ether oxygens (including phenoxy) is 1. The Hall–Kier alpha value is -1.55. The lowest BCUT2D eigenvalue weighted by Gasteiger charge is -2.29. The first-order valence-corrected chi connectivity index (χ1v) is 8.73. The zero-order valence-corrected chi connectivity index (χ0v) is 14.4. The molecule has 2 saturated heterocycles. The second kappa shape index (κ2) is 6.52. The molecule has 4 nitrogen and oxygen atoms in total. The fourth-order valence-electron chi connectivity index (χ4n) is 3.79. The van der Waals surface area contributed by atoms with Crippen LogP contribution >= 0.6 is 0 Å². The van der Waals surface area contributed by atoms with Crippen molar-refractivity contribution in [2.75, 3.05) is 5.32 Å². The molecule has 0 saturated carbocycles. The van der Waals surface area contributed by atoms with Gasteiger partial charge in [0.05, 0.1) is 5.69 Å². The summed E-state index contributed by atoms with van der Waals surface area (Å²) < 4.78 is 5.94. The predicted octanol–water partition coefficient (Wildman–Crippen LogP) is 3.72. The van der Waals surface area contributed by atoms with E-state index in [1.54, 1.807) is 0 Å². The van der Waals surface area contributed by atoms with Crippen molar-refractivity contribution in [2.45, 2.75) is 70.6 Å². The van der Waals surface area contributed by atoms with Gasteiger partial charge in [0, 0.05) is 18.5 Å². The van der Waals surface area contributed by atoms with E-state index < -0.39 is 0 Å². The average Bonchev–Trinajstić information content (AvgIpc) is 2.78. The Morgan fingerprint density at radius 2 is 1.87 bits per heavy atom. The number of nitrogens with one attached hydrogen (secondary N) is 2. The number of fused-ring (bicyclic) bond motifs is 2. The third-order valence-corrected chi connectivity index (χ3v) is 4.62. The first-order chi connectivity index (χ1) is 10.9. The highest BCUT2D eigenvalue weighted by atomic mass is 16.5. The van der Waals surface area contributed by atoms with E-state index in [2.05, 4.69) is 10.6 Å². The van der Waals surface area contributed by atoms with Gasteiger partial charge in [-0.25, -0.2) is 0 Å². The molecule has 0 aromatic heterocycles. The number of carbonyl (C=O) groups is 1. The molecule has 1 aromatic carbocycles. The fourth-order valence-corrected chi connectivity index (χ4v) is 3.79. The monoisotopic (exact) mass is 316 g/mol. The van der Waals surface area contributed by atoms with Gasteiger partial charge in [0.15, 0.2) is 0 Å². The number of rotatable bonds is 4. The minimum absolute atomic E-state index is 0.0984. The van der Waals surface area contributed by atoms with E-state index >= 15 is 0 Å². The van der Waals surface area contributed by atoms with Gasteiger partial charge in [-0.3, -0.25) is 4.79 Å². The Morgan fingerprint density at radius 1 is 1.22 bits per heavy atom. The summed E-state index contributed by atoms with van der Waals surface area (Å²) in [5.74, 6) is 1.34. The molecule has 0 radical (unpaired) electrons. The highest BCUT2D eigenvalue weighted by Crippen LogP contribution is 2.33. The van der Waals surface area contributed by atoms with Crippen molar-refractivity contribution in [3.63, 3.8) is 0 Å². The fraction of sp³-hybridized carbons (Fsp3) is 0.632. The highest BCUT2D eigenvalue weighted by Gasteiger charge is 2.34. The van der Waals surface area contributed by atoms with E-state index in [1.165, 1.54) is 12.8 Å². The summed E-state index contributed by atoms with van der Waals surface area (Å²) in [6, 6.07) is 8.93. The van der Waals surface area contributed by atoms with Crippen LogP contribution in [0.15, 0.2) is 24.3 Å². The molecule has 2 aliphatic heterocycles. The number of hydrogen-bond acceptors (Lipinski definition) is 3. The van der Waals surface area contributed by atoms with Gasteiger partial charge in [0.1, 0.15) is 11.4 Å². The molecular weight excluding hydrogens is 288 g/mol. The Bertz CT molecular complexity index is 553. The van der Waals surface area contributed by atoms with Gasteiger partial charge in [-0.2, -0.15) is 0 Å². The second-order valence-electron chi connectivity index (χ2n) is 7.94. The number of para-hydroxylation sites is 2. The van der Waals surface area contributed by atoms with E-state index in [9.17, 15) is 4.79 Å². The number of amides is 1. The van der Waals surface area contributed by atoms with Crippen LogP contribution in [0.2, 0.25) is 0 Å². The summed E-state index contributed by atoms with van der Waals surface area (Å²) in [5, 5.41) is 6.67.